The second kappa shape index (κ2) is 9.82. The van der Waals surface area contributed by atoms with E-state index in [2.05, 4.69) is 10.4 Å². The largest absolute Gasteiger partial charge is 0.497 e. The molecule has 0 aliphatic rings. The van der Waals surface area contributed by atoms with Crippen molar-refractivity contribution in [2.24, 2.45) is 7.05 Å². The van der Waals surface area contributed by atoms with Crippen LogP contribution in [0, 0.1) is 6.92 Å². The van der Waals surface area contributed by atoms with Crippen molar-refractivity contribution in [2.75, 3.05) is 14.2 Å². The molecule has 1 amide bonds. The molecule has 4 aromatic rings. The number of para-hydroxylation sites is 1. The summed E-state index contributed by atoms with van der Waals surface area (Å²) in [5.74, 6) is 1.31. The smallest absolute Gasteiger partial charge is 0.277 e. The molecular weight excluding hydrogens is 432 g/mol. The minimum atomic E-state index is -0.211. The Labute approximate surface area is 197 Å². The van der Waals surface area contributed by atoms with Gasteiger partial charge in [-0.2, -0.15) is 9.61 Å². The second-order valence-corrected chi connectivity index (χ2v) is 8.05. The van der Waals surface area contributed by atoms with E-state index in [9.17, 15) is 9.59 Å². The monoisotopic (exact) mass is 460 g/mol. The molecule has 34 heavy (non-hydrogen) atoms. The van der Waals surface area contributed by atoms with Gasteiger partial charge in [-0.25, -0.2) is 0 Å². The lowest BCUT2D eigenvalue weighted by atomic mass is 10.1. The molecule has 0 fully saturated rings. The summed E-state index contributed by atoms with van der Waals surface area (Å²) in [6.07, 6.45) is 0.515. The number of aryl methyl sites for hydroxylation is 1. The molecule has 0 saturated heterocycles. The van der Waals surface area contributed by atoms with Crippen LogP contribution in [0.25, 0.3) is 16.9 Å². The van der Waals surface area contributed by atoms with Crippen LogP contribution in [0.4, 0.5) is 0 Å². The van der Waals surface area contributed by atoms with Gasteiger partial charge in [0.2, 0.25) is 5.91 Å². The van der Waals surface area contributed by atoms with E-state index in [0.29, 0.717) is 29.9 Å². The van der Waals surface area contributed by atoms with Crippen LogP contribution in [-0.2, 0) is 24.8 Å². The highest BCUT2D eigenvalue weighted by Crippen LogP contribution is 2.24. The fourth-order valence-electron chi connectivity index (χ4n) is 4.00. The van der Waals surface area contributed by atoms with Gasteiger partial charge in [-0.15, -0.1) is 0 Å². The van der Waals surface area contributed by atoms with Gasteiger partial charge in [0, 0.05) is 48.5 Å². The summed E-state index contributed by atoms with van der Waals surface area (Å²) in [5.41, 5.74) is 4.29. The van der Waals surface area contributed by atoms with E-state index >= 15 is 0 Å². The molecule has 0 aliphatic heterocycles. The highest BCUT2D eigenvalue weighted by Gasteiger charge is 2.17. The number of benzene rings is 2. The van der Waals surface area contributed by atoms with Gasteiger partial charge in [0.05, 0.1) is 19.9 Å². The summed E-state index contributed by atoms with van der Waals surface area (Å²) in [4.78, 5) is 25.8. The fraction of sp³-hybridized carbons (Fsp3) is 0.269. The lowest BCUT2D eigenvalue weighted by molar-refractivity contribution is -0.121. The molecule has 8 nitrogen and oxygen atoms in total. The van der Waals surface area contributed by atoms with Crippen LogP contribution < -0.4 is 20.3 Å². The van der Waals surface area contributed by atoms with Crippen molar-refractivity contribution < 1.29 is 14.3 Å². The first-order chi connectivity index (χ1) is 16.4. The second-order valence-electron chi connectivity index (χ2n) is 8.05. The Hall–Kier alpha value is -4.07. The summed E-state index contributed by atoms with van der Waals surface area (Å²) in [6.45, 7) is 2.25. The number of fused-ring (bicyclic) bond motifs is 1. The molecule has 0 saturated carbocycles. The Morgan fingerprint density at radius 2 is 1.85 bits per heavy atom. The van der Waals surface area contributed by atoms with Crippen molar-refractivity contribution >= 4 is 11.6 Å². The van der Waals surface area contributed by atoms with E-state index < -0.39 is 0 Å². The number of hydrogen-bond acceptors (Lipinski definition) is 5. The van der Waals surface area contributed by atoms with Crippen LogP contribution in [0.15, 0.2) is 59.4 Å². The Morgan fingerprint density at radius 1 is 1.06 bits per heavy atom. The zero-order valence-electron chi connectivity index (χ0n) is 19.8. The van der Waals surface area contributed by atoms with Crippen LogP contribution in [0.1, 0.15) is 23.2 Å². The zero-order chi connectivity index (χ0) is 24.2. The zero-order valence-corrected chi connectivity index (χ0v) is 19.8. The highest BCUT2D eigenvalue weighted by atomic mass is 16.5. The number of nitrogens with zero attached hydrogens (tertiary/aromatic N) is 3. The van der Waals surface area contributed by atoms with Crippen LogP contribution in [0.3, 0.4) is 0 Å². The normalized spacial score (nSPS) is 10.9. The van der Waals surface area contributed by atoms with Crippen molar-refractivity contribution in [1.82, 2.24) is 19.5 Å². The molecule has 0 spiro atoms. The Kier molecular flexibility index (Phi) is 6.67. The molecule has 2 heterocycles. The van der Waals surface area contributed by atoms with Gasteiger partial charge in [0.25, 0.3) is 5.56 Å². The number of carbonyl (C=O) groups excluding carboxylic acids is 1. The maximum Gasteiger partial charge on any atom is 0.277 e. The SMILES string of the molecule is COc1cccc(-c2cc3n(C)c(C)c(CCC(=O)NCc4ccccc4OC)c(=O)n3n2)c1. The molecule has 8 heteroatoms. The van der Waals surface area contributed by atoms with Crippen LogP contribution in [-0.4, -0.2) is 34.3 Å². The van der Waals surface area contributed by atoms with Crippen molar-refractivity contribution in [3.05, 3.63) is 81.8 Å². The molecule has 0 radical (unpaired) electrons. The number of nitrogens with one attached hydrogen (secondary N) is 1. The van der Waals surface area contributed by atoms with Gasteiger partial charge in [0.15, 0.2) is 0 Å². The maximum absolute atomic E-state index is 13.3. The molecular formula is C26H28N4O4. The van der Waals surface area contributed by atoms with E-state index in [-0.39, 0.29) is 17.9 Å². The highest BCUT2D eigenvalue weighted by molar-refractivity contribution is 5.76. The van der Waals surface area contributed by atoms with Gasteiger partial charge >= 0.3 is 0 Å². The van der Waals surface area contributed by atoms with E-state index in [4.69, 9.17) is 9.47 Å². The van der Waals surface area contributed by atoms with Gasteiger partial charge < -0.3 is 19.4 Å². The van der Waals surface area contributed by atoms with E-state index in [1.54, 1.807) is 14.2 Å². The van der Waals surface area contributed by atoms with E-state index in [0.717, 1.165) is 28.3 Å². The predicted octanol–water partition coefficient (Wildman–Crippen LogP) is 3.27. The van der Waals surface area contributed by atoms with Gasteiger partial charge in [0.1, 0.15) is 17.1 Å². The first-order valence-electron chi connectivity index (χ1n) is 11.0. The number of aromatic nitrogens is 3. The number of amides is 1. The average molecular weight is 461 g/mol. The number of rotatable bonds is 8. The minimum Gasteiger partial charge on any atom is -0.497 e. The third-order valence-corrected chi connectivity index (χ3v) is 6.06. The standard InChI is InChI=1S/C26H28N4O4/c1-17-21(12-13-24(31)27-16-19-8-5-6-11-23(19)34-4)26(32)30-25(29(17)2)15-22(28-30)18-9-7-10-20(14-18)33-3/h5-11,14-15H,12-13,16H2,1-4H3,(H,27,31). The quantitative estimate of drug-likeness (QED) is 0.436. The molecule has 176 valence electrons. The molecule has 4 rings (SSSR count). The van der Waals surface area contributed by atoms with Crippen LogP contribution in [0.2, 0.25) is 0 Å². The van der Waals surface area contributed by atoms with Crippen LogP contribution >= 0.6 is 0 Å². The lowest BCUT2D eigenvalue weighted by Crippen LogP contribution is -2.28. The summed E-state index contributed by atoms with van der Waals surface area (Å²) >= 11 is 0. The molecule has 2 aromatic heterocycles. The number of methoxy groups -OCH3 is 2. The number of hydrogen-bond donors (Lipinski definition) is 1. The third kappa shape index (κ3) is 4.52. The average Bonchev–Trinajstić information content (AvgIpc) is 3.32. The van der Waals surface area contributed by atoms with Crippen molar-refractivity contribution in [3.8, 4) is 22.8 Å². The Balaban J connectivity index is 1.54. The molecule has 0 aliphatic carbocycles. The predicted molar refractivity (Wildman–Crippen MR) is 130 cm³/mol. The van der Waals surface area contributed by atoms with Gasteiger partial charge in [-0.1, -0.05) is 30.3 Å². The van der Waals surface area contributed by atoms with Gasteiger partial charge in [-0.3, -0.25) is 9.59 Å². The molecule has 0 atom stereocenters. The number of ether oxygens (including phenoxy) is 2. The Morgan fingerprint density at radius 3 is 2.62 bits per heavy atom. The molecule has 0 unspecified atom stereocenters. The van der Waals surface area contributed by atoms with Crippen molar-refractivity contribution in [1.29, 1.82) is 0 Å². The first kappa shape index (κ1) is 23.1. The third-order valence-electron chi connectivity index (χ3n) is 6.06. The number of carbonyl (C=O) groups is 1. The molecule has 2 aromatic carbocycles. The summed E-state index contributed by atoms with van der Waals surface area (Å²) in [6, 6.07) is 17.0. The van der Waals surface area contributed by atoms with E-state index in [1.165, 1.54) is 4.52 Å². The first-order valence-corrected chi connectivity index (χ1v) is 11.0. The molecule has 0 bridgehead atoms. The van der Waals surface area contributed by atoms with Crippen molar-refractivity contribution in [2.45, 2.75) is 26.3 Å². The summed E-state index contributed by atoms with van der Waals surface area (Å²) in [7, 11) is 5.11. The topological polar surface area (TPSA) is 86.9 Å². The summed E-state index contributed by atoms with van der Waals surface area (Å²) < 4.78 is 14.0. The summed E-state index contributed by atoms with van der Waals surface area (Å²) in [5, 5.41) is 7.47. The van der Waals surface area contributed by atoms with E-state index in [1.807, 2.05) is 73.1 Å². The van der Waals surface area contributed by atoms with Gasteiger partial charge in [-0.05, 0) is 31.5 Å². The lowest BCUT2D eigenvalue weighted by Gasteiger charge is -2.12. The minimum absolute atomic E-state index is 0.134. The van der Waals surface area contributed by atoms with Crippen molar-refractivity contribution in [3.63, 3.8) is 0 Å². The maximum atomic E-state index is 13.3. The Bertz CT molecular complexity index is 1400. The fourth-order valence-corrected chi connectivity index (χ4v) is 4.00. The molecule has 1 N–H and O–H groups in total. The van der Waals surface area contributed by atoms with Crippen LogP contribution in [0.5, 0.6) is 11.5 Å².